The Kier molecular flexibility index (Phi) is 4.28. The van der Waals surface area contributed by atoms with Crippen LogP contribution in [-0.2, 0) is 0 Å². The Bertz CT molecular complexity index is 615. The van der Waals surface area contributed by atoms with Crippen molar-refractivity contribution in [2.75, 3.05) is 0 Å². The Morgan fingerprint density at radius 2 is 1.55 bits per heavy atom. The lowest BCUT2D eigenvalue weighted by Crippen LogP contribution is -2.08. The van der Waals surface area contributed by atoms with Crippen molar-refractivity contribution in [2.24, 2.45) is 0 Å². The molecule has 0 unspecified atom stereocenters. The predicted octanol–water partition coefficient (Wildman–Crippen LogP) is 4.23. The zero-order valence-corrected chi connectivity index (χ0v) is 12.3. The molecule has 0 atom stereocenters. The second-order valence-corrected chi connectivity index (χ2v) is 5.32. The fourth-order valence-electron chi connectivity index (χ4n) is 2.12. The molecule has 0 amide bonds. The molecule has 0 aliphatic rings. The Balaban J connectivity index is 2.64. The van der Waals surface area contributed by atoms with Crippen LogP contribution >= 0.6 is 0 Å². The molecule has 2 aromatic rings. The topological polar surface area (TPSA) is 35.5 Å². The normalized spacial score (nSPS) is 11.1. The molecule has 0 heterocycles. The standard InChI is InChI=1S/C17H20O3/c1-11(2)19-16-7-5-6-14-15(16)8-13(10-18)9-17(14)20-12(3)4/h5-12H,1-4H3. The smallest absolute Gasteiger partial charge is 0.150 e. The molecule has 0 aromatic heterocycles. The molecular formula is C17H20O3. The summed E-state index contributed by atoms with van der Waals surface area (Å²) in [5.41, 5.74) is 0.591. The van der Waals surface area contributed by atoms with Crippen molar-refractivity contribution in [1.29, 1.82) is 0 Å². The van der Waals surface area contributed by atoms with Gasteiger partial charge in [-0.25, -0.2) is 0 Å². The Morgan fingerprint density at radius 3 is 2.15 bits per heavy atom. The van der Waals surface area contributed by atoms with E-state index in [1.807, 2.05) is 52.0 Å². The van der Waals surface area contributed by atoms with E-state index in [4.69, 9.17) is 9.47 Å². The SMILES string of the molecule is CC(C)Oc1cc(C=O)cc2c(OC(C)C)cccc12. The van der Waals surface area contributed by atoms with Crippen LogP contribution < -0.4 is 9.47 Å². The first-order chi connectivity index (χ1) is 9.51. The highest BCUT2D eigenvalue weighted by molar-refractivity contribution is 5.97. The van der Waals surface area contributed by atoms with E-state index < -0.39 is 0 Å². The van der Waals surface area contributed by atoms with Crippen LogP contribution in [0.5, 0.6) is 11.5 Å². The summed E-state index contributed by atoms with van der Waals surface area (Å²) in [6, 6.07) is 9.44. The third-order valence-electron chi connectivity index (χ3n) is 2.80. The first kappa shape index (κ1) is 14.4. The number of benzene rings is 2. The van der Waals surface area contributed by atoms with E-state index >= 15 is 0 Å². The van der Waals surface area contributed by atoms with Crippen LogP contribution in [0.1, 0.15) is 38.1 Å². The van der Waals surface area contributed by atoms with Gasteiger partial charge in [-0.05, 0) is 45.9 Å². The number of hydrogen-bond acceptors (Lipinski definition) is 3. The first-order valence-electron chi connectivity index (χ1n) is 6.86. The number of rotatable bonds is 5. The predicted molar refractivity (Wildman–Crippen MR) is 80.9 cm³/mol. The van der Waals surface area contributed by atoms with Crippen molar-refractivity contribution in [3.63, 3.8) is 0 Å². The molecular weight excluding hydrogens is 252 g/mol. The zero-order valence-electron chi connectivity index (χ0n) is 12.3. The van der Waals surface area contributed by atoms with E-state index in [9.17, 15) is 4.79 Å². The van der Waals surface area contributed by atoms with Crippen molar-refractivity contribution in [3.05, 3.63) is 35.9 Å². The maximum atomic E-state index is 11.1. The average Bonchev–Trinajstić information content (AvgIpc) is 2.38. The van der Waals surface area contributed by atoms with Gasteiger partial charge in [-0.3, -0.25) is 4.79 Å². The molecule has 0 radical (unpaired) electrons. The maximum Gasteiger partial charge on any atom is 0.150 e. The van der Waals surface area contributed by atoms with Crippen molar-refractivity contribution < 1.29 is 14.3 Å². The lowest BCUT2D eigenvalue weighted by Gasteiger charge is -2.16. The largest absolute Gasteiger partial charge is 0.490 e. The molecule has 20 heavy (non-hydrogen) atoms. The molecule has 0 spiro atoms. The monoisotopic (exact) mass is 272 g/mol. The molecule has 0 fully saturated rings. The average molecular weight is 272 g/mol. The highest BCUT2D eigenvalue weighted by Gasteiger charge is 2.11. The molecule has 3 heteroatoms. The van der Waals surface area contributed by atoms with Crippen molar-refractivity contribution in [1.82, 2.24) is 0 Å². The van der Waals surface area contributed by atoms with Gasteiger partial charge >= 0.3 is 0 Å². The second-order valence-electron chi connectivity index (χ2n) is 5.32. The van der Waals surface area contributed by atoms with E-state index in [1.165, 1.54) is 0 Å². The summed E-state index contributed by atoms with van der Waals surface area (Å²) in [5, 5.41) is 1.86. The lowest BCUT2D eigenvalue weighted by molar-refractivity contribution is 0.112. The van der Waals surface area contributed by atoms with Gasteiger partial charge in [0.05, 0.1) is 12.2 Å². The molecule has 0 aliphatic heterocycles. The molecule has 0 saturated carbocycles. The summed E-state index contributed by atoms with van der Waals surface area (Å²) < 4.78 is 11.6. The van der Waals surface area contributed by atoms with E-state index in [1.54, 1.807) is 6.07 Å². The third kappa shape index (κ3) is 3.10. The van der Waals surface area contributed by atoms with E-state index in [2.05, 4.69) is 0 Å². The molecule has 0 saturated heterocycles. The Hall–Kier alpha value is -2.03. The van der Waals surface area contributed by atoms with Gasteiger partial charge in [0.15, 0.2) is 0 Å². The molecule has 106 valence electrons. The van der Waals surface area contributed by atoms with E-state index in [0.717, 1.165) is 22.8 Å². The summed E-state index contributed by atoms with van der Waals surface area (Å²) in [5.74, 6) is 1.49. The number of carbonyl (C=O) groups is 1. The third-order valence-corrected chi connectivity index (χ3v) is 2.80. The van der Waals surface area contributed by atoms with Crippen LogP contribution in [0, 0.1) is 0 Å². The van der Waals surface area contributed by atoms with Crippen LogP contribution in [-0.4, -0.2) is 18.5 Å². The number of carbonyl (C=O) groups excluding carboxylic acids is 1. The van der Waals surface area contributed by atoms with Gasteiger partial charge in [-0.1, -0.05) is 12.1 Å². The highest BCUT2D eigenvalue weighted by atomic mass is 16.5. The van der Waals surface area contributed by atoms with Crippen LogP contribution in [0.2, 0.25) is 0 Å². The van der Waals surface area contributed by atoms with Gasteiger partial charge in [-0.15, -0.1) is 0 Å². The number of aldehydes is 1. The highest BCUT2D eigenvalue weighted by Crippen LogP contribution is 2.34. The van der Waals surface area contributed by atoms with Gasteiger partial charge in [0.25, 0.3) is 0 Å². The summed E-state index contributed by atoms with van der Waals surface area (Å²) in [7, 11) is 0. The minimum atomic E-state index is 0.0507. The van der Waals surface area contributed by atoms with Crippen LogP contribution in [0.3, 0.4) is 0 Å². The first-order valence-corrected chi connectivity index (χ1v) is 6.86. The van der Waals surface area contributed by atoms with Crippen LogP contribution in [0.4, 0.5) is 0 Å². The molecule has 0 N–H and O–H groups in total. The van der Waals surface area contributed by atoms with Gasteiger partial charge in [-0.2, -0.15) is 0 Å². The summed E-state index contributed by atoms with van der Waals surface area (Å²) in [4.78, 5) is 11.1. The van der Waals surface area contributed by atoms with Crippen molar-refractivity contribution in [2.45, 2.75) is 39.9 Å². The van der Waals surface area contributed by atoms with Crippen LogP contribution in [0.25, 0.3) is 10.8 Å². The Morgan fingerprint density at radius 1 is 0.900 bits per heavy atom. The molecule has 2 rings (SSSR count). The fourth-order valence-corrected chi connectivity index (χ4v) is 2.12. The minimum absolute atomic E-state index is 0.0507. The van der Waals surface area contributed by atoms with E-state index in [-0.39, 0.29) is 12.2 Å². The minimum Gasteiger partial charge on any atom is -0.490 e. The van der Waals surface area contributed by atoms with Gasteiger partial charge in [0.2, 0.25) is 0 Å². The van der Waals surface area contributed by atoms with Gasteiger partial charge in [0.1, 0.15) is 17.8 Å². The second kappa shape index (κ2) is 5.95. The number of hydrogen-bond donors (Lipinski definition) is 0. The summed E-state index contributed by atoms with van der Waals surface area (Å²) in [6.45, 7) is 7.89. The summed E-state index contributed by atoms with van der Waals surface area (Å²) >= 11 is 0. The Labute approximate surface area is 119 Å². The van der Waals surface area contributed by atoms with Crippen LogP contribution in [0.15, 0.2) is 30.3 Å². The number of ether oxygens (including phenoxy) is 2. The zero-order chi connectivity index (χ0) is 14.7. The van der Waals surface area contributed by atoms with Crippen molar-refractivity contribution in [3.8, 4) is 11.5 Å². The number of fused-ring (bicyclic) bond motifs is 1. The molecule has 3 nitrogen and oxygen atoms in total. The molecule has 2 aromatic carbocycles. The van der Waals surface area contributed by atoms with Gasteiger partial charge < -0.3 is 9.47 Å². The molecule has 0 aliphatic carbocycles. The van der Waals surface area contributed by atoms with E-state index in [0.29, 0.717) is 11.3 Å². The molecule has 0 bridgehead atoms. The quantitative estimate of drug-likeness (QED) is 0.764. The van der Waals surface area contributed by atoms with Gasteiger partial charge in [0, 0.05) is 16.3 Å². The van der Waals surface area contributed by atoms with Crippen molar-refractivity contribution >= 4 is 17.1 Å². The summed E-state index contributed by atoms with van der Waals surface area (Å²) in [6.07, 6.45) is 0.962. The maximum absolute atomic E-state index is 11.1. The lowest BCUT2D eigenvalue weighted by atomic mass is 10.1. The fraction of sp³-hybridized carbons (Fsp3) is 0.353.